The SMILES string of the molecule is COc1cc2c(cc1OC)C1(CO1)c1ccccc1C=C2. The summed E-state index contributed by atoms with van der Waals surface area (Å²) in [5.41, 5.74) is 4.33. The predicted molar refractivity (Wildman–Crippen MR) is 81.6 cm³/mol. The predicted octanol–water partition coefficient (Wildman–Crippen LogP) is 3.46. The minimum absolute atomic E-state index is 0.338. The topological polar surface area (TPSA) is 31.0 Å². The first-order chi connectivity index (χ1) is 10.3. The van der Waals surface area contributed by atoms with E-state index in [0.29, 0.717) is 6.61 Å². The van der Waals surface area contributed by atoms with Crippen LogP contribution in [0.2, 0.25) is 0 Å². The first-order valence-corrected chi connectivity index (χ1v) is 6.96. The fourth-order valence-electron chi connectivity index (χ4n) is 3.10. The Hall–Kier alpha value is -2.26. The largest absolute Gasteiger partial charge is 0.493 e. The lowest BCUT2D eigenvalue weighted by atomic mass is 9.88. The van der Waals surface area contributed by atoms with Gasteiger partial charge in [0.05, 0.1) is 20.8 Å². The Morgan fingerprint density at radius 3 is 2.29 bits per heavy atom. The molecule has 21 heavy (non-hydrogen) atoms. The Morgan fingerprint density at radius 2 is 1.57 bits per heavy atom. The van der Waals surface area contributed by atoms with E-state index in [9.17, 15) is 0 Å². The fourth-order valence-corrected chi connectivity index (χ4v) is 3.10. The van der Waals surface area contributed by atoms with Crippen molar-refractivity contribution in [2.24, 2.45) is 0 Å². The number of benzene rings is 2. The van der Waals surface area contributed by atoms with Gasteiger partial charge in [0.25, 0.3) is 0 Å². The molecule has 0 saturated carbocycles. The van der Waals surface area contributed by atoms with Crippen LogP contribution in [0.3, 0.4) is 0 Å². The van der Waals surface area contributed by atoms with Crippen LogP contribution < -0.4 is 9.47 Å². The number of methoxy groups -OCH3 is 2. The van der Waals surface area contributed by atoms with Crippen molar-refractivity contribution in [1.29, 1.82) is 0 Å². The molecule has 1 atom stereocenters. The van der Waals surface area contributed by atoms with Gasteiger partial charge in [-0.25, -0.2) is 0 Å². The molecule has 0 N–H and O–H groups in total. The summed E-state index contributed by atoms with van der Waals surface area (Å²) in [6, 6.07) is 12.4. The van der Waals surface area contributed by atoms with E-state index in [1.807, 2.05) is 12.1 Å². The molecule has 2 aromatic rings. The number of fused-ring (bicyclic) bond motifs is 4. The van der Waals surface area contributed by atoms with Crippen LogP contribution in [-0.4, -0.2) is 20.8 Å². The van der Waals surface area contributed by atoms with Crippen LogP contribution in [0.25, 0.3) is 12.2 Å². The fraction of sp³-hybridized carbons (Fsp3) is 0.222. The third-order valence-corrected chi connectivity index (χ3v) is 4.26. The maximum atomic E-state index is 5.91. The van der Waals surface area contributed by atoms with Crippen molar-refractivity contribution in [1.82, 2.24) is 0 Å². The molecule has 1 aliphatic heterocycles. The molecule has 3 heteroatoms. The second-order valence-electron chi connectivity index (χ2n) is 5.33. The van der Waals surface area contributed by atoms with Crippen molar-refractivity contribution in [3.8, 4) is 11.5 Å². The molecule has 0 radical (unpaired) electrons. The van der Waals surface area contributed by atoms with Crippen molar-refractivity contribution in [2.45, 2.75) is 5.60 Å². The Kier molecular flexibility index (Phi) is 2.59. The quantitative estimate of drug-likeness (QED) is 0.789. The summed E-state index contributed by atoms with van der Waals surface area (Å²) < 4.78 is 16.8. The zero-order valence-electron chi connectivity index (χ0n) is 12.1. The molecule has 1 unspecified atom stereocenters. The maximum Gasteiger partial charge on any atom is 0.161 e. The van der Waals surface area contributed by atoms with Gasteiger partial charge in [-0.3, -0.25) is 0 Å². The van der Waals surface area contributed by atoms with Crippen LogP contribution in [0.1, 0.15) is 22.3 Å². The van der Waals surface area contributed by atoms with Gasteiger partial charge in [-0.1, -0.05) is 36.4 Å². The number of rotatable bonds is 2. The normalized spacial score (nSPS) is 21.4. The second kappa shape index (κ2) is 4.37. The number of hydrogen-bond donors (Lipinski definition) is 0. The van der Waals surface area contributed by atoms with Crippen molar-refractivity contribution >= 4 is 12.2 Å². The molecule has 2 aliphatic rings. The highest BCUT2D eigenvalue weighted by Gasteiger charge is 2.51. The van der Waals surface area contributed by atoms with Gasteiger partial charge in [0.2, 0.25) is 0 Å². The lowest BCUT2D eigenvalue weighted by Crippen LogP contribution is -2.13. The molecule has 3 nitrogen and oxygen atoms in total. The molecule has 0 amide bonds. The molecule has 1 saturated heterocycles. The highest BCUT2D eigenvalue weighted by atomic mass is 16.6. The molecule has 1 heterocycles. The molecule has 2 aromatic carbocycles. The zero-order chi connectivity index (χ0) is 14.4. The van der Waals surface area contributed by atoms with Crippen molar-refractivity contribution < 1.29 is 14.2 Å². The molecule has 1 spiro atoms. The molecule has 1 fully saturated rings. The van der Waals surface area contributed by atoms with E-state index >= 15 is 0 Å². The zero-order valence-corrected chi connectivity index (χ0v) is 12.1. The molecule has 0 aromatic heterocycles. The summed E-state index contributed by atoms with van der Waals surface area (Å²) in [6.07, 6.45) is 4.25. The van der Waals surface area contributed by atoms with Gasteiger partial charge >= 0.3 is 0 Å². The summed E-state index contributed by atoms with van der Waals surface area (Å²) in [5.74, 6) is 1.47. The number of epoxide rings is 1. The highest BCUT2D eigenvalue weighted by Crippen LogP contribution is 2.51. The van der Waals surface area contributed by atoms with E-state index in [0.717, 1.165) is 22.6 Å². The van der Waals surface area contributed by atoms with Gasteiger partial charge in [0.15, 0.2) is 11.5 Å². The van der Waals surface area contributed by atoms with E-state index in [4.69, 9.17) is 14.2 Å². The van der Waals surface area contributed by atoms with Crippen LogP contribution in [-0.2, 0) is 10.3 Å². The van der Waals surface area contributed by atoms with E-state index in [1.165, 1.54) is 11.1 Å². The van der Waals surface area contributed by atoms with Gasteiger partial charge in [0.1, 0.15) is 5.60 Å². The standard InChI is InChI=1S/C18H16O3/c1-19-16-9-13-8-7-12-5-3-4-6-14(12)18(11-21-18)15(13)10-17(16)20-2/h3-10H,11H2,1-2H3. The monoisotopic (exact) mass is 280 g/mol. The average molecular weight is 280 g/mol. The Labute approximate surface area is 123 Å². The van der Waals surface area contributed by atoms with Crippen LogP contribution in [0.4, 0.5) is 0 Å². The minimum atomic E-state index is -0.338. The van der Waals surface area contributed by atoms with Gasteiger partial charge in [0, 0.05) is 5.56 Å². The van der Waals surface area contributed by atoms with E-state index in [1.54, 1.807) is 14.2 Å². The van der Waals surface area contributed by atoms with Crippen molar-refractivity contribution in [2.75, 3.05) is 20.8 Å². The highest BCUT2D eigenvalue weighted by molar-refractivity contribution is 5.79. The first-order valence-electron chi connectivity index (χ1n) is 6.96. The first kappa shape index (κ1) is 12.5. The lowest BCUT2D eigenvalue weighted by Gasteiger charge is -2.18. The number of ether oxygens (including phenoxy) is 3. The van der Waals surface area contributed by atoms with Gasteiger partial charge < -0.3 is 14.2 Å². The Bertz CT molecular complexity index is 742. The summed E-state index contributed by atoms with van der Waals surface area (Å²) in [7, 11) is 3.31. The molecular weight excluding hydrogens is 264 g/mol. The Morgan fingerprint density at radius 1 is 0.905 bits per heavy atom. The summed E-state index contributed by atoms with van der Waals surface area (Å²) in [4.78, 5) is 0. The molecule has 106 valence electrons. The Balaban J connectivity index is 1.99. The minimum Gasteiger partial charge on any atom is -0.493 e. The summed E-state index contributed by atoms with van der Waals surface area (Å²) in [6.45, 7) is 0.703. The average Bonchev–Trinajstić information content (AvgIpc) is 3.34. The molecular formula is C18H16O3. The van der Waals surface area contributed by atoms with E-state index in [2.05, 4.69) is 36.4 Å². The van der Waals surface area contributed by atoms with Crippen LogP contribution in [0.15, 0.2) is 36.4 Å². The van der Waals surface area contributed by atoms with Crippen molar-refractivity contribution in [3.05, 3.63) is 58.7 Å². The van der Waals surface area contributed by atoms with Crippen LogP contribution in [0, 0.1) is 0 Å². The smallest absolute Gasteiger partial charge is 0.161 e. The van der Waals surface area contributed by atoms with E-state index in [-0.39, 0.29) is 5.60 Å². The molecule has 0 bridgehead atoms. The third kappa shape index (κ3) is 1.71. The second-order valence-corrected chi connectivity index (χ2v) is 5.33. The third-order valence-electron chi connectivity index (χ3n) is 4.26. The number of hydrogen-bond acceptors (Lipinski definition) is 3. The van der Waals surface area contributed by atoms with Crippen LogP contribution >= 0.6 is 0 Å². The van der Waals surface area contributed by atoms with E-state index < -0.39 is 0 Å². The maximum absolute atomic E-state index is 5.91. The lowest BCUT2D eigenvalue weighted by molar-refractivity contribution is 0.339. The van der Waals surface area contributed by atoms with Crippen LogP contribution in [0.5, 0.6) is 11.5 Å². The summed E-state index contributed by atoms with van der Waals surface area (Å²) in [5, 5.41) is 0. The van der Waals surface area contributed by atoms with Gasteiger partial charge in [-0.05, 0) is 28.8 Å². The summed E-state index contributed by atoms with van der Waals surface area (Å²) >= 11 is 0. The molecule has 1 aliphatic carbocycles. The van der Waals surface area contributed by atoms with Gasteiger partial charge in [-0.15, -0.1) is 0 Å². The van der Waals surface area contributed by atoms with Gasteiger partial charge in [-0.2, -0.15) is 0 Å². The van der Waals surface area contributed by atoms with Crippen molar-refractivity contribution in [3.63, 3.8) is 0 Å². The molecule has 4 rings (SSSR count).